The Bertz CT molecular complexity index is 13.2. The van der Waals surface area contributed by atoms with E-state index in [4.69, 9.17) is 0 Å². The third-order valence-electron chi connectivity index (χ3n) is 0. The maximum atomic E-state index is 2.27. The van der Waals surface area contributed by atoms with Gasteiger partial charge >= 0.3 is 20.1 Å². The van der Waals surface area contributed by atoms with E-state index in [1.807, 2.05) is 0 Å². The summed E-state index contributed by atoms with van der Waals surface area (Å²) in [5.74, 6) is 0. The molecule has 0 spiro atoms. The van der Waals surface area contributed by atoms with Crippen LogP contribution in [0.15, 0.2) is 0 Å². The first-order valence-corrected chi connectivity index (χ1v) is 4.50. The predicted octanol–water partition coefficient (Wildman–Crippen LogP) is 2.44. The third kappa shape index (κ3) is 225. The maximum Gasteiger partial charge on any atom is 3.00 e. The molecule has 0 nitrogen and oxygen atoms in total. The maximum absolute atomic E-state index is 2.27. The second-order valence-corrected chi connectivity index (χ2v) is 4.50. The van der Waals surface area contributed by atoms with Crippen molar-refractivity contribution in [3.05, 3.63) is 22.3 Å². The summed E-state index contributed by atoms with van der Waals surface area (Å²) in [5, 5.41) is 0. The molecule has 0 aliphatic carbocycles. The topological polar surface area (TPSA) is 0 Å². The minimum Gasteiger partial charge on any atom is -0.358 e. The molecule has 0 aliphatic rings. The van der Waals surface area contributed by atoms with Gasteiger partial charge in [0.05, 0.1) is 0 Å². The summed E-state index contributed by atoms with van der Waals surface area (Å²) < 4.78 is 0. The van der Waals surface area contributed by atoms with Gasteiger partial charge in [0.25, 0.3) is 0 Å². The van der Waals surface area contributed by atoms with Gasteiger partial charge in [0.15, 0.2) is 0 Å². The summed E-state index contributed by atoms with van der Waals surface area (Å²) >= 11 is 0. The van der Waals surface area contributed by atoms with Crippen molar-refractivity contribution in [3.63, 3.8) is 0 Å². The van der Waals surface area contributed by atoms with Crippen molar-refractivity contribution < 1.29 is 20.1 Å². The van der Waals surface area contributed by atoms with Crippen molar-refractivity contribution in [3.8, 4) is 0 Å². The molecule has 0 N–H and O–H groups in total. The summed E-state index contributed by atoms with van der Waals surface area (Å²) in [6, 6.07) is 0. The molecule has 0 saturated carbocycles. The van der Waals surface area contributed by atoms with Crippen LogP contribution in [0.1, 0.15) is 0 Å². The molecule has 0 radical (unpaired) electrons. The van der Waals surface area contributed by atoms with Gasteiger partial charge in [0, 0.05) is 20.0 Å². The second kappa shape index (κ2) is 24.3. The number of hydrogen-bond acceptors (Lipinski definition) is 0. The fourth-order valence-corrected chi connectivity index (χ4v) is 0. The summed E-state index contributed by atoms with van der Waals surface area (Å²) in [6.45, 7) is 6.81. The van der Waals surface area contributed by atoms with Crippen LogP contribution in [0.2, 0.25) is 0 Å². The van der Waals surface area contributed by atoms with E-state index in [9.17, 15) is 0 Å². The Hall–Kier alpha value is 1.08. The SMILES string of the molecule is C[PH+](C)C.[CH3-].[CH3-].[CH3-].[Ir+3]. The van der Waals surface area contributed by atoms with Crippen LogP contribution in [0.5, 0.6) is 0 Å². The Morgan fingerprint density at radius 1 is 0.750 bits per heavy atom. The molecule has 0 atom stereocenters. The van der Waals surface area contributed by atoms with Crippen molar-refractivity contribution in [1.29, 1.82) is 0 Å². The van der Waals surface area contributed by atoms with E-state index in [0.29, 0.717) is 0 Å². The summed E-state index contributed by atoms with van der Waals surface area (Å²) in [7, 11) is 0.120. The molecule has 0 aromatic carbocycles. The van der Waals surface area contributed by atoms with Gasteiger partial charge in [-0.05, 0) is 7.92 Å². The van der Waals surface area contributed by atoms with Gasteiger partial charge in [-0.1, -0.05) is 0 Å². The third-order valence-corrected chi connectivity index (χ3v) is 0. The van der Waals surface area contributed by atoms with E-state index in [1.54, 1.807) is 0 Å². The monoisotopic (exact) mass is 315 g/mol. The molecular weight excluding hydrogens is 295 g/mol. The second-order valence-electron chi connectivity index (χ2n) is 1.50. The molecule has 8 heavy (non-hydrogen) atoms. The minimum atomic E-state index is 0. The van der Waals surface area contributed by atoms with E-state index in [0.717, 1.165) is 0 Å². The number of hydrogen-bond donors (Lipinski definition) is 0. The van der Waals surface area contributed by atoms with Crippen LogP contribution in [0, 0.1) is 22.3 Å². The van der Waals surface area contributed by atoms with Crippen LogP contribution >= 0.6 is 7.92 Å². The Morgan fingerprint density at radius 2 is 0.750 bits per heavy atom. The van der Waals surface area contributed by atoms with Crippen molar-refractivity contribution in [1.82, 2.24) is 0 Å². The average molecular weight is 314 g/mol. The Labute approximate surface area is 70.6 Å². The van der Waals surface area contributed by atoms with Gasteiger partial charge in [-0.2, -0.15) is 0 Å². The van der Waals surface area contributed by atoms with Crippen LogP contribution in [-0.4, -0.2) is 20.0 Å². The Balaban J connectivity index is -0.00000000750. The molecule has 0 rings (SSSR count). The van der Waals surface area contributed by atoms with E-state index in [-0.39, 0.29) is 50.3 Å². The summed E-state index contributed by atoms with van der Waals surface area (Å²) in [5.41, 5.74) is 0. The molecule has 2 heteroatoms. The van der Waals surface area contributed by atoms with Gasteiger partial charge < -0.3 is 22.3 Å². The molecule has 0 heterocycles. The minimum absolute atomic E-state index is 0. The van der Waals surface area contributed by atoms with Crippen LogP contribution in [0.4, 0.5) is 0 Å². The van der Waals surface area contributed by atoms with Crippen LogP contribution < -0.4 is 0 Å². The van der Waals surface area contributed by atoms with Crippen molar-refractivity contribution >= 4 is 7.92 Å². The molecule has 0 bridgehead atoms. The van der Waals surface area contributed by atoms with Crippen molar-refractivity contribution in [2.75, 3.05) is 20.0 Å². The Morgan fingerprint density at radius 3 is 0.750 bits per heavy atom. The average Bonchev–Trinajstić information content (AvgIpc) is 0.811. The summed E-state index contributed by atoms with van der Waals surface area (Å²) in [6.07, 6.45) is 0. The molecule has 0 aliphatic heterocycles. The van der Waals surface area contributed by atoms with E-state index < -0.39 is 0 Å². The van der Waals surface area contributed by atoms with Gasteiger partial charge in [0.2, 0.25) is 0 Å². The normalized spacial score (nSPS) is 4.50. The van der Waals surface area contributed by atoms with E-state index >= 15 is 0 Å². The molecule has 0 unspecified atom stereocenters. The molecular formula is C6H19IrP+. The zero-order valence-electron chi connectivity index (χ0n) is 6.83. The van der Waals surface area contributed by atoms with Gasteiger partial charge in [-0.3, -0.25) is 0 Å². The van der Waals surface area contributed by atoms with E-state index in [1.165, 1.54) is 0 Å². The quantitative estimate of drug-likeness (QED) is 0.476. The van der Waals surface area contributed by atoms with Crippen molar-refractivity contribution in [2.24, 2.45) is 0 Å². The Kier molecular flexibility index (Phi) is 108. The molecule has 0 saturated heterocycles. The van der Waals surface area contributed by atoms with Gasteiger partial charge in [0.1, 0.15) is 0 Å². The van der Waals surface area contributed by atoms with Crippen LogP contribution in [0.3, 0.4) is 0 Å². The zero-order valence-corrected chi connectivity index (χ0v) is 10.2. The van der Waals surface area contributed by atoms with Crippen molar-refractivity contribution in [2.45, 2.75) is 0 Å². The standard InChI is InChI=1S/C3H9P.3CH3.Ir/c1-4(2)3;;;;/h1-3H3;3*1H3;/q;3*-1;+3/p+1. The largest absolute Gasteiger partial charge is 3.00 e. The molecule has 56 valence electrons. The first-order chi connectivity index (χ1) is 1.73. The molecule has 0 amide bonds. The smallest absolute Gasteiger partial charge is 0.358 e. The van der Waals surface area contributed by atoms with Crippen LogP contribution in [0.25, 0.3) is 0 Å². The fourth-order valence-electron chi connectivity index (χ4n) is 0. The molecule has 0 aromatic heterocycles. The zero-order chi connectivity index (χ0) is 3.58. The fraction of sp³-hybridized carbons (Fsp3) is 0.500. The predicted molar refractivity (Wildman–Crippen MR) is 45.3 cm³/mol. The first-order valence-electron chi connectivity index (χ1n) is 1.50. The first kappa shape index (κ1) is 35.6. The van der Waals surface area contributed by atoms with Crippen LogP contribution in [-0.2, 0) is 20.1 Å². The van der Waals surface area contributed by atoms with Gasteiger partial charge in [-0.15, -0.1) is 0 Å². The summed E-state index contributed by atoms with van der Waals surface area (Å²) in [4.78, 5) is 0. The molecule has 0 aromatic rings. The molecule has 0 fully saturated rings. The van der Waals surface area contributed by atoms with E-state index in [2.05, 4.69) is 20.0 Å². The number of rotatable bonds is 0. The van der Waals surface area contributed by atoms with Gasteiger partial charge in [-0.25, -0.2) is 0 Å².